The third-order valence-electron chi connectivity index (χ3n) is 6.35. The maximum atomic E-state index is 15.2. The van der Waals surface area contributed by atoms with Gasteiger partial charge in [0.25, 0.3) is 0 Å². The Kier molecular flexibility index (Phi) is 10.9. The van der Waals surface area contributed by atoms with Gasteiger partial charge in [0.1, 0.15) is 0 Å². The number of nitrogens with one attached hydrogen (secondary N) is 1. The Morgan fingerprint density at radius 3 is 2.41 bits per heavy atom. The number of rotatable bonds is 8. The van der Waals surface area contributed by atoms with E-state index in [0.29, 0.717) is 51.3 Å². The molecule has 2 heterocycles. The van der Waals surface area contributed by atoms with Crippen molar-refractivity contribution in [1.82, 2.24) is 15.1 Å². The monoisotopic (exact) mass is 613 g/mol. The molecule has 3 amide bonds. The van der Waals surface area contributed by atoms with Crippen LogP contribution in [0.3, 0.4) is 0 Å². The second kappa shape index (κ2) is 13.7. The molecule has 39 heavy (non-hydrogen) atoms. The van der Waals surface area contributed by atoms with Gasteiger partial charge in [-0.25, -0.2) is 0 Å². The van der Waals surface area contributed by atoms with Gasteiger partial charge in [0.15, 0.2) is 0 Å². The standard InChI is InChI=1S/C27H38AsF2N3O6/c1-26(2,3)39-25(37)33-11-7-10-20(22(34)18-33)28-23(35)21(31-24(36)32-12-14-38-15-13-32)17-27(29,30)16-19-8-5-4-6-9-19/h4-6,8-9,20-21,28H,7,10-18H2,1-3H3,(H,31,36)/t20-,21-/m0/s1. The van der Waals surface area contributed by atoms with Crippen molar-refractivity contribution in [2.24, 2.45) is 0 Å². The third kappa shape index (κ3) is 10.2. The summed E-state index contributed by atoms with van der Waals surface area (Å²) in [6, 6.07) is 6.23. The van der Waals surface area contributed by atoms with E-state index in [1.54, 1.807) is 51.1 Å². The fourth-order valence-electron chi connectivity index (χ4n) is 4.41. The zero-order chi connectivity index (χ0) is 28.6. The number of urea groups is 1. The van der Waals surface area contributed by atoms with E-state index in [0.717, 1.165) is 0 Å². The number of alkyl halides is 2. The minimum absolute atomic E-state index is 0.189. The number of amides is 3. The summed E-state index contributed by atoms with van der Waals surface area (Å²) >= 11 is -1.72. The summed E-state index contributed by atoms with van der Waals surface area (Å²) in [5.41, 5.74) is -0.294. The molecule has 1 N–H and O–H groups in total. The van der Waals surface area contributed by atoms with Crippen LogP contribution in [0.1, 0.15) is 45.6 Å². The summed E-state index contributed by atoms with van der Waals surface area (Å²) < 4.78 is 39.8. The Hall–Kier alpha value is -2.52. The molecule has 0 aliphatic carbocycles. The molecule has 2 fully saturated rings. The van der Waals surface area contributed by atoms with E-state index in [1.165, 1.54) is 9.80 Å². The van der Waals surface area contributed by atoms with Crippen molar-refractivity contribution in [3.8, 4) is 0 Å². The van der Waals surface area contributed by atoms with E-state index < -0.39 is 67.6 Å². The van der Waals surface area contributed by atoms with Gasteiger partial charge in [-0.3, -0.25) is 0 Å². The summed E-state index contributed by atoms with van der Waals surface area (Å²) in [5.74, 6) is -3.53. The Balaban J connectivity index is 1.70. The van der Waals surface area contributed by atoms with Crippen molar-refractivity contribution in [2.45, 2.75) is 68.7 Å². The number of hydrogen-bond donors (Lipinski definition) is 1. The predicted octanol–water partition coefficient (Wildman–Crippen LogP) is 3.02. The number of nitrogens with zero attached hydrogens (tertiary/aromatic N) is 2. The molecule has 3 atom stereocenters. The summed E-state index contributed by atoms with van der Waals surface area (Å²) in [6.07, 6.45) is -1.15. The Morgan fingerprint density at radius 1 is 1.10 bits per heavy atom. The molecule has 1 unspecified atom stereocenters. The molecule has 2 aliphatic rings. The number of ether oxygens (including phenoxy) is 2. The van der Waals surface area contributed by atoms with E-state index in [4.69, 9.17) is 9.47 Å². The molecular formula is C27H38AsF2N3O6. The number of Topliss-reactive ketones (excluding diaryl/α,β-unsaturated/α-hetero) is 1. The number of halogens is 2. The summed E-state index contributed by atoms with van der Waals surface area (Å²) in [7, 11) is 0. The number of ketones is 1. The summed E-state index contributed by atoms with van der Waals surface area (Å²) in [4.78, 5) is 54.5. The maximum absolute atomic E-state index is 15.2. The molecule has 2 aliphatic heterocycles. The van der Waals surface area contributed by atoms with Gasteiger partial charge in [-0.15, -0.1) is 0 Å². The van der Waals surface area contributed by atoms with Crippen LogP contribution in [-0.2, 0) is 25.5 Å². The van der Waals surface area contributed by atoms with Crippen LogP contribution in [-0.4, -0.2) is 105 Å². The molecule has 12 heteroatoms. The Labute approximate surface area is 234 Å². The average Bonchev–Trinajstić information content (AvgIpc) is 3.04. The van der Waals surface area contributed by atoms with Crippen LogP contribution in [0.2, 0.25) is 4.71 Å². The van der Waals surface area contributed by atoms with Crippen LogP contribution >= 0.6 is 0 Å². The van der Waals surface area contributed by atoms with Crippen molar-refractivity contribution in [3.05, 3.63) is 35.9 Å². The van der Waals surface area contributed by atoms with E-state index in [2.05, 4.69) is 5.32 Å². The molecule has 0 radical (unpaired) electrons. The molecule has 1 aromatic carbocycles. The van der Waals surface area contributed by atoms with Gasteiger partial charge in [-0.2, -0.15) is 0 Å². The molecule has 216 valence electrons. The van der Waals surface area contributed by atoms with Crippen LogP contribution in [0.15, 0.2) is 30.3 Å². The first-order valence-corrected chi connectivity index (χ1v) is 15.4. The SMILES string of the molecule is CC(C)(C)OC(=O)N1CCC[C@H]([AsH]C(=O)[C@H](CC(F)(F)Cc2ccccc2)NC(=O)N2CCOCC2)C(=O)C1. The van der Waals surface area contributed by atoms with E-state index in [-0.39, 0.29) is 12.3 Å². The van der Waals surface area contributed by atoms with Crippen LogP contribution in [0.25, 0.3) is 0 Å². The summed E-state index contributed by atoms with van der Waals surface area (Å²) in [5, 5.41) is 2.54. The Bertz CT molecular complexity index is 1010. The van der Waals surface area contributed by atoms with Crippen molar-refractivity contribution in [3.63, 3.8) is 0 Å². The van der Waals surface area contributed by atoms with E-state index >= 15 is 8.78 Å². The normalized spacial score (nSPS) is 20.0. The van der Waals surface area contributed by atoms with Crippen molar-refractivity contribution in [2.75, 3.05) is 39.4 Å². The van der Waals surface area contributed by atoms with Crippen molar-refractivity contribution < 1.29 is 37.4 Å². The molecule has 0 bridgehead atoms. The van der Waals surface area contributed by atoms with Crippen molar-refractivity contribution >= 4 is 38.2 Å². The van der Waals surface area contributed by atoms with E-state index in [1.807, 2.05) is 0 Å². The molecule has 0 aromatic heterocycles. The number of hydrogen-bond acceptors (Lipinski definition) is 6. The molecule has 0 saturated carbocycles. The molecule has 3 rings (SSSR count). The first-order valence-electron chi connectivity index (χ1n) is 13.2. The number of carbonyl (C=O) groups is 4. The molecule has 2 saturated heterocycles. The minimum atomic E-state index is -3.26. The van der Waals surface area contributed by atoms with Gasteiger partial charge in [0.05, 0.1) is 0 Å². The van der Waals surface area contributed by atoms with E-state index in [9.17, 15) is 19.2 Å². The van der Waals surface area contributed by atoms with Crippen molar-refractivity contribution in [1.29, 1.82) is 0 Å². The molecule has 1 aromatic rings. The zero-order valence-electron chi connectivity index (χ0n) is 22.7. The third-order valence-corrected chi connectivity index (χ3v) is 9.69. The number of benzene rings is 1. The van der Waals surface area contributed by atoms with Crippen LogP contribution in [0, 0.1) is 0 Å². The first kappa shape index (κ1) is 31.0. The van der Waals surface area contributed by atoms with Gasteiger partial charge in [-0.1, -0.05) is 0 Å². The van der Waals surface area contributed by atoms with Gasteiger partial charge in [0, 0.05) is 0 Å². The fraction of sp³-hybridized carbons (Fsp3) is 0.630. The number of carbonyl (C=O) groups excluding carboxylic acids is 4. The predicted molar refractivity (Wildman–Crippen MR) is 142 cm³/mol. The topological polar surface area (TPSA) is 105 Å². The second-order valence-electron chi connectivity index (χ2n) is 10.9. The molecule has 9 nitrogen and oxygen atoms in total. The van der Waals surface area contributed by atoms with Gasteiger partial charge in [-0.05, 0) is 0 Å². The average molecular weight is 614 g/mol. The second-order valence-corrected chi connectivity index (χ2v) is 14.0. The zero-order valence-corrected chi connectivity index (χ0v) is 24.8. The molecular weight excluding hydrogens is 575 g/mol. The fourth-order valence-corrected chi connectivity index (χ4v) is 7.18. The van der Waals surface area contributed by atoms with Crippen LogP contribution in [0.5, 0.6) is 0 Å². The number of morpholine rings is 1. The van der Waals surface area contributed by atoms with Gasteiger partial charge in [0.2, 0.25) is 0 Å². The quantitative estimate of drug-likeness (QED) is 0.453. The first-order chi connectivity index (χ1) is 18.3. The van der Waals surface area contributed by atoms with Crippen LogP contribution in [0.4, 0.5) is 18.4 Å². The number of likely N-dealkylation sites (tertiary alicyclic amines) is 1. The molecule has 0 spiro atoms. The van der Waals surface area contributed by atoms with Crippen LogP contribution < -0.4 is 5.32 Å². The van der Waals surface area contributed by atoms with Gasteiger partial charge < -0.3 is 0 Å². The van der Waals surface area contributed by atoms with Gasteiger partial charge >= 0.3 is 235 Å². The summed E-state index contributed by atoms with van der Waals surface area (Å²) in [6.45, 7) is 6.57. The Morgan fingerprint density at radius 2 is 1.77 bits per heavy atom.